The van der Waals surface area contributed by atoms with Gasteiger partial charge in [-0.3, -0.25) is 0 Å². The van der Waals surface area contributed by atoms with Crippen molar-refractivity contribution in [2.75, 3.05) is 6.54 Å². The molecule has 0 saturated carbocycles. The molecule has 3 nitrogen and oxygen atoms in total. The number of hydrogen-bond acceptors (Lipinski definition) is 3. The second-order valence-corrected chi connectivity index (χ2v) is 2.47. The highest BCUT2D eigenvalue weighted by Crippen LogP contribution is 2.14. The third-order valence-corrected chi connectivity index (χ3v) is 1.43. The summed E-state index contributed by atoms with van der Waals surface area (Å²) in [6.07, 6.45) is 2.22. The molecule has 0 radical (unpaired) electrons. The van der Waals surface area contributed by atoms with Gasteiger partial charge in [0.2, 0.25) is 0 Å². The Hall–Kier alpha value is -0.120. The summed E-state index contributed by atoms with van der Waals surface area (Å²) in [7, 11) is 0. The van der Waals surface area contributed by atoms with Gasteiger partial charge in [-0.25, -0.2) is 10.9 Å². The topological polar surface area (TPSA) is 69.9 Å². The molecule has 0 spiro atoms. The first kappa shape index (κ1) is 6.01. The Balaban J connectivity index is 2.01. The van der Waals surface area contributed by atoms with Crippen LogP contribution in [0.3, 0.4) is 0 Å². The summed E-state index contributed by atoms with van der Waals surface area (Å²) in [5.41, 5.74) is 11.6. The van der Waals surface area contributed by atoms with Gasteiger partial charge >= 0.3 is 0 Å². The first-order valence-electron chi connectivity index (χ1n) is 3.01. The highest BCUT2D eigenvalue weighted by molar-refractivity contribution is 4.88. The molecule has 48 valence electrons. The van der Waals surface area contributed by atoms with Crippen molar-refractivity contribution in [1.29, 1.82) is 0 Å². The number of hydrazine groups is 1. The van der Waals surface area contributed by atoms with Crippen LogP contribution in [0, 0.1) is 0 Å². The van der Waals surface area contributed by atoms with Crippen molar-refractivity contribution < 1.29 is 0 Å². The molecule has 3 heteroatoms. The van der Waals surface area contributed by atoms with E-state index < -0.39 is 0 Å². The maximum atomic E-state index is 5.31. The Kier molecular flexibility index (Phi) is 1.51. The van der Waals surface area contributed by atoms with Gasteiger partial charge in [0.1, 0.15) is 0 Å². The van der Waals surface area contributed by atoms with Crippen LogP contribution in [0.5, 0.6) is 0 Å². The molecule has 0 aromatic rings. The highest BCUT2D eigenvalue weighted by Gasteiger charge is 2.34. The summed E-state index contributed by atoms with van der Waals surface area (Å²) >= 11 is 0. The smallest absolute Gasteiger partial charge is 0.0916 e. The summed E-state index contributed by atoms with van der Waals surface area (Å²) in [4.78, 5) is 0. The minimum atomic E-state index is 0.222. The average molecular weight is 115 g/mol. The van der Waals surface area contributed by atoms with Gasteiger partial charge < -0.3 is 5.73 Å². The predicted molar refractivity (Wildman–Crippen MR) is 33.0 cm³/mol. The molecule has 0 unspecified atom stereocenters. The largest absolute Gasteiger partial charge is 0.330 e. The molecule has 1 rings (SSSR count). The molecule has 0 aliphatic carbocycles. The van der Waals surface area contributed by atoms with Crippen LogP contribution in [0.2, 0.25) is 0 Å². The zero-order valence-corrected chi connectivity index (χ0v) is 5.20. The van der Waals surface area contributed by atoms with E-state index in [2.05, 4.69) is 17.8 Å². The molecule has 0 aromatic heterocycles. The molecule has 1 saturated heterocycles. The summed E-state index contributed by atoms with van der Waals surface area (Å²) in [6.45, 7) is 2.92. The fraction of sp³-hybridized carbons (Fsp3) is 1.00. The van der Waals surface area contributed by atoms with Crippen molar-refractivity contribution in [2.24, 2.45) is 5.73 Å². The third kappa shape index (κ3) is 1.43. The molecule has 0 bridgehead atoms. The lowest BCUT2D eigenvalue weighted by Gasteiger charge is -2.00. The Bertz CT molecular complexity index is 77.7. The van der Waals surface area contributed by atoms with Crippen molar-refractivity contribution in [2.45, 2.75) is 25.4 Å². The lowest BCUT2D eigenvalue weighted by molar-refractivity contribution is 0.577. The van der Waals surface area contributed by atoms with Crippen molar-refractivity contribution in [3.63, 3.8) is 0 Å². The van der Waals surface area contributed by atoms with Crippen LogP contribution in [0.4, 0.5) is 0 Å². The Morgan fingerprint density at radius 2 is 2.12 bits per heavy atom. The first-order valence-corrected chi connectivity index (χ1v) is 3.01. The second kappa shape index (κ2) is 2.01. The van der Waals surface area contributed by atoms with Crippen molar-refractivity contribution in [1.82, 2.24) is 10.9 Å². The molecule has 1 heterocycles. The van der Waals surface area contributed by atoms with Gasteiger partial charge in [0.25, 0.3) is 0 Å². The van der Waals surface area contributed by atoms with E-state index in [1.54, 1.807) is 0 Å². The predicted octanol–water partition coefficient (Wildman–Crippen LogP) is -0.451. The van der Waals surface area contributed by atoms with E-state index >= 15 is 0 Å². The minimum absolute atomic E-state index is 0.222. The van der Waals surface area contributed by atoms with E-state index in [0.717, 1.165) is 19.4 Å². The quantitative estimate of drug-likeness (QED) is 0.436. The van der Waals surface area contributed by atoms with E-state index in [-0.39, 0.29) is 5.66 Å². The lowest BCUT2D eigenvalue weighted by atomic mass is 10.1. The fourth-order valence-corrected chi connectivity index (χ4v) is 0.687. The number of hydrogen-bond donors (Lipinski definition) is 3. The second-order valence-electron chi connectivity index (χ2n) is 2.47. The number of nitrogens with one attached hydrogen (secondary N) is 2. The van der Waals surface area contributed by atoms with Gasteiger partial charge in [-0.15, -0.1) is 0 Å². The van der Waals surface area contributed by atoms with E-state index in [4.69, 9.17) is 5.73 Å². The summed E-state index contributed by atoms with van der Waals surface area (Å²) in [5, 5.41) is 0. The van der Waals surface area contributed by atoms with Crippen LogP contribution < -0.4 is 16.6 Å². The Labute approximate surface area is 49.6 Å². The molecule has 4 N–H and O–H groups in total. The molecule has 8 heavy (non-hydrogen) atoms. The van der Waals surface area contributed by atoms with Gasteiger partial charge in [-0.05, 0) is 26.3 Å². The van der Waals surface area contributed by atoms with Crippen LogP contribution in [-0.2, 0) is 0 Å². The van der Waals surface area contributed by atoms with Crippen molar-refractivity contribution in [3.8, 4) is 0 Å². The van der Waals surface area contributed by atoms with Gasteiger partial charge in [0, 0.05) is 0 Å². The molecule has 0 atom stereocenters. The summed E-state index contributed by atoms with van der Waals surface area (Å²) < 4.78 is 0. The van der Waals surface area contributed by atoms with Crippen LogP contribution >= 0.6 is 0 Å². The van der Waals surface area contributed by atoms with E-state index in [0.29, 0.717) is 0 Å². The van der Waals surface area contributed by atoms with Crippen LogP contribution in [-0.4, -0.2) is 12.2 Å². The molecule has 1 aliphatic rings. The van der Waals surface area contributed by atoms with Crippen LogP contribution in [0.25, 0.3) is 0 Å². The van der Waals surface area contributed by atoms with Gasteiger partial charge in [-0.2, -0.15) is 0 Å². The maximum absolute atomic E-state index is 5.31. The fourth-order valence-electron chi connectivity index (χ4n) is 0.687. The molecule has 1 fully saturated rings. The van der Waals surface area contributed by atoms with Gasteiger partial charge in [0.15, 0.2) is 0 Å². The maximum Gasteiger partial charge on any atom is 0.0916 e. The summed E-state index contributed by atoms with van der Waals surface area (Å²) in [6, 6.07) is 0. The highest BCUT2D eigenvalue weighted by atomic mass is 15.7. The SMILES string of the molecule is CC1(CCCN)NN1. The average Bonchev–Trinajstić information content (AvgIpc) is 2.45. The number of rotatable bonds is 3. The third-order valence-electron chi connectivity index (χ3n) is 1.43. The van der Waals surface area contributed by atoms with Gasteiger partial charge in [0.05, 0.1) is 5.66 Å². The minimum Gasteiger partial charge on any atom is -0.330 e. The zero-order chi connectivity index (χ0) is 6.04. The summed E-state index contributed by atoms with van der Waals surface area (Å²) in [5.74, 6) is 0. The molecule has 0 aromatic carbocycles. The van der Waals surface area contributed by atoms with E-state index in [9.17, 15) is 0 Å². The Morgan fingerprint density at radius 1 is 1.50 bits per heavy atom. The molecular formula is C5H13N3. The monoisotopic (exact) mass is 115 g/mol. The zero-order valence-electron chi connectivity index (χ0n) is 5.20. The first-order chi connectivity index (χ1) is 3.77. The van der Waals surface area contributed by atoms with E-state index in [1.807, 2.05) is 0 Å². The van der Waals surface area contributed by atoms with Crippen molar-refractivity contribution >= 4 is 0 Å². The normalized spacial score (nSPS) is 23.2. The standard InChI is InChI=1S/C5H13N3/c1-5(7-8-5)3-2-4-6/h7-8H,2-4,6H2,1H3. The molecule has 0 amide bonds. The Morgan fingerprint density at radius 3 is 2.50 bits per heavy atom. The van der Waals surface area contributed by atoms with Gasteiger partial charge in [-0.1, -0.05) is 0 Å². The van der Waals surface area contributed by atoms with Crippen LogP contribution in [0.1, 0.15) is 19.8 Å². The van der Waals surface area contributed by atoms with Crippen molar-refractivity contribution in [3.05, 3.63) is 0 Å². The lowest BCUT2D eigenvalue weighted by Crippen LogP contribution is -2.13. The number of nitrogens with two attached hydrogens (primary N) is 1. The molecule has 1 aliphatic heterocycles. The van der Waals surface area contributed by atoms with Crippen LogP contribution in [0.15, 0.2) is 0 Å². The molecular weight excluding hydrogens is 102 g/mol. The van der Waals surface area contributed by atoms with E-state index in [1.165, 1.54) is 0 Å².